The summed E-state index contributed by atoms with van der Waals surface area (Å²) in [4.78, 5) is 7.52. The second-order valence-corrected chi connectivity index (χ2v) is 10.4. The summed E-state index contributed by atoms with van der Waals surface area (Å²) < 4.78 is 0. The highest BCUT2D eigenvalue weighted by molar-refractivity contribution is 6.02. The molecule has 1 aromatic carbocycles. The molecule has 0 spiro atoms. The molecule has 4 heteroatoms. The van der Waals surface area contributed by atoms with Crippen LogP contribution in [0, 0.1) is 5.92 Å². The predicted octanol–water partition coefficient (Wildman–Crippen LogP) is 6.46. The molecule has 35 heavy (non-hydrogen) atoms. The summed E-state index contributed by atoms with van der Waals surface area (Å²) in [5, 5.41) is 3.56. The number of piperidine rings is 1. The molecule has 4 nitrogen and oxygen atoms in total. The number of nitrogens with zero attached hydrogens (tertiary/aromatic N) is 2. The van der Waals surface area contributed by atoms with E-state index in [0.29, 0.717) is 6.04 Å². The molecule has 4 rings (SSSR count). The van der Waals surface area contributed by atoms with Gasteiger partial charge >= 0.3 is 0 Å². The molecule has 1 heterocycles. The number of anilines is 1. The highest BCUT2D eigenvalue weighted by Gasteiger charge is 2.27. The van der Waals surface area contributed by atoms with E-state index in [2.05, 4.69) is 67.1 Å². The third-order valence-corrected chi connectivity index (χ3v) is 7.86. The van der Waals surface area contributed by atoms with Crippen molar-refractivity contribution in [2.75, 3.05) is 24.5 Å². The fraction of sp³-hybridized carbons (Fsp3) is 0.516. The Morgan fingerprint density at radius 3 is 2.69 bits per heavy atom. The van der Waals surface area contributed by atoms with Crippen molar-refractivity contribution in [2.45, 2.75) is 77.7 Å². The summed E-state index contributed by atoms with van der Waals surface area (Å²) in [7, 11) is 0. The molecule has 1 atom stereocenters. The van der Waals surface area contributed by atoms with E-state index in [0.717, 1.165) is 44.6 Å². The van der Waals surface area contributed by atoms with Crippen molar-refractivity contribution in [1.29, 1.82) is 0 Å². The molecule has 0 radical (unpaired) electrons. The second-order valence-electron chi connectivity index (χ2n) is 10.4. The van der Waals surface area contributed by atoms with E-state index in [1.165, 1.54) is 72.2 Å². The van der Waals surface area contributed by atoms with Crippen LogP contribution < -0.4 is 16.0 Å². The first-order valence-electron chi connectivity index (χ1n) is 13.7. The molecular weight excluding hydrogens is 428 g/mol. The largest absolute Gasteiger partial charge is 0.401 e. The SMILES string of the molecule is C=CN(CC1=C(C)C=CCC1C(N)=C1CNCCC1=NC1CCCCC1)c1ccc(CCC)cc1. The van der Waals surface area contributed by atoms with Crippen molar-refractivity contribution in [1.82, 2.24) is 5.32 Å². The van der Waals surface area contributed by atoms with Gasteiger partial charge in [-0.3, -0.25) is 4.99 Å². The summed E-state index contributed by atoms with van der Waals surface area (Å²) in [6.45, 7) is 11.2. The number of rotatable bonds is 8. The van der Waals surface area contributed by atoms with E-state index in [1.54, 1.807) is 0 Å². The maximum Gasteiger partial charge on any atom is 0.0503 e. The molecule has 3 aliphatic rings. The molecule has 1 aromatic rings. The summed E-state index contributed by atoms with van der Waals surface area (Å²) in [6, 6.07) is 9.41. The molecule has 0 amide bonds. The fourth-order valence-electron chi connectivity index (χ4n) is 5.77. The maximum atomic E-state index is 7.03. The van der Waals surface area contributed by atoms with Gasteiger partial charge in [-0.25, -0.2) is 0 Å². The zero-order valence-electron chi connectivity index (χ0n) is 21.9. The van der Waals surface area contributed by atoms with Crippen LogP contribution in [-0.2, 0) is 6.42 Å². The number of aliphatic imine (C=N–C) groups is 1. The van der Waals surface area contributed by atoms with Crippen molar-refractivity contribution >= 4 is 11.4 Å². The average Bonchev–Trinajstić information content (AvgIpc) is 2.89. The Labute approximate surface area is 212 Å². The van der Waals surface area contributed by atoms with Gasteiger partial charge in [-0.15, -0.1) is 0 Å². The van der Waals surface area contributed by atoms with Gasteiger partial charge in [-0.1, -0.05) is 63.5 Å². The number of nitrogens with one attached hydrogen (secondary N) is 1. The van der Waals surface area contributed by atoms with Gasteiger partial charge in [-0.05, 0) is 67.6 Å². The van der Waals surface area contributed by atoms with Crippen molar-refractivity contribution in [3.05, 3.63) is 77.2 Å². The molecular formula is C31H44N4. The molecule has 2 aliphatic carbocycles. The Morgan fingerprint density at radius 2 is 1.97 bits per heavy atom. The third kappa shape index (κ3) is 6.35. The molecule has 1 aliphatic heterocycles. The van der Waals surface area contributed by atoms with Gasteiger partial charge in [0.15, 0.2) is 0 Å². The smallest absolute Gasteiger partial charge is 0.0503 e. The van der Waals surface area contributed by atoms with Crippen LogP contribution in [0.2, 0.25) is 0 Å². The third-order valence-electron chi connectivity index (χ3n) is 7.86. The van der Waals surface area contributed by atoms with E-state index >= 15 is 0 Å². The van der Waals surface area contributed by atoms with Crippen molar-refractivity contribution in [3.63, 3.8) is 0 Å². The number of benzene rings is 1. The van der Waals surface area contributed by atoms with Gasteiger partial charge in [0.25, 0.3) is 0 Å². The molecule has 0 bridgehead atoms. The van der Waals surface area contributed by atoms with Crippen molar-refractivity contribution in [2.24, 2.45) is 16.6 Å². The standard InChI is InChI=1S/C31H44N4/c1-4-10-24-15-17-26(18-16-24)35(5-2)22-29-23(3)11-9-14-27(29)31(32)28-21-33-20-19-30(28)34-25-12-7-6-8-13-25/h5,9,11,15-18,25,27,33H,2,4,6-8,10,12-14,19-22,32H2,1,3H3. The van der Waals surface area contributed by atoms with E-state index in [9.17, 15) is 0 Å². The molecule has 1 saturated heterocycles. The van der Waals surface area contributed by atoms with Gasteiger partial charge in [0.1, 0.15) is 0 Å². The van der Waals surface area contributed by atoms with E-state index in [4.69, 9.17) is 10.7 Å². The first-order valence-corrected chi connectivity index (χ1v) is 13.7. The minimum Gasteiger partial charge on any atom is -0.401 e. The maximum absolute atomic E-state index is 7.03. The molecule has 1 saturated carbocycles. The van der Waals surface area contributed by atoms with Crippen LogP contribution in [0.1, 0.15) is 70.8 Å². The van der Waals surface area contributed by atoms with Gasteiger partial charge in [0.2, 0.25) is 0 Å². The lowest BCUT2D eigenvalue weighted by Crippen LogP contribution is -2.36. The first-order chi connectivity index (χ1) is 17.1. The number of aryl methyl sites for hydroxylation is 1. The number of allylic oxidation sites excluding steroid dienone is 4. The second kappa shape index (κ2) is 12.4. The molecule has 3 N–H and O–H groups in total. The normalized spacial score (nSPS) is 24.1. The number of hydrogen-bond acceptors (Lipinski definition) is 4. The zero-order chi connectivity index (χ0) is 24.6. The lowest BCUT2D eigenvalue weighted by molar-refractivity contribution is 0.442. The predicted molar refractivity (Wildman–Crippen MR) is 151 cm³/mol. The minimum atomic E-state index is 0.202. The van der Waals surface area contributed by atoms with Crippen LogP contribution in [0.4, 0.5) is 5.69 Å². The summed E-state index contributed by atoms with van der Waals surface area (Å²) in [5.41, 5.74) is 15.8. The molecule has 2 fully saturated rings. The van der Waals surface area contributed by atoms with Crippen LogP contribution in [0.15, 0.2) is 76.6 Å². The Morgan fingerprint density at radius 1 is 1.20 bits per heavy atom. The van der Waals surface area contributed by atoms with Crippen molar-refractivity contribution < 1.29 is 0 Å². The lowest BCUT2D eigenvalue weighted by atomic mass is 9.82. The van der Waals surface area contributed by atoms with E-state index in [1.807, 2.05) is 6.20 Å². The summed E-state index contributed by atoms with van der Waals surface area (Å²) in [5.74, 6) is 0.202. The Kier molecular flexibility index (Phi) is 9.03. The van der Waals surface area contributed by atoms with Crippen molar-refractivity contribution in [3.8, 4) is 0 Å². The molecule has 188 valence electrons. The average molecular weight is 473 g/mol. The van der Waals surface area contributed by atoms with Gasteiger partial charge in [-0.2, -0.15) is 0 Å². The van der Waals surface area contributed by atoms with E-state index in [-0.39, 0.29) is 5.92 Å². The lowest BCUT2D eigenvalue weighted by Gasteiger charge is -2.32. The van der Waals surface area contributed by atoms with E-state index < -0.39 is 0 Å². The molecule has 0 aromatic heterocycles. The first kappa shape index (κ1) is 25.5. The van der Waals surface area contributed by atoms with Crippen LogP contribution in [0.25, 0.3) is 0 Å². The molecule has 1 unspecified atom stereocenters. The summed E-state index contributed by atoms with van der Waals surface area (Å²) in [6.07, 6.45) is 17.1. The topological polar surface area (TPSA) is 53.6 Å². The Bertz CT molecular complexity index is 989. The monoisotopic (exact) mass is 472 g/mol. The number of hydrogen-bond donors (Lipinski definition) is 2. The minimum absolute atomic E-state index is 0.202. The highest BCUT2D eigenvalue weighted by Crippen LogP contribution is 2.34. The fourth-order valence-corrected chi connectivity index (χ4v) is 5.77. The van der Waals surface area contributed by atoms with Gasteiger partial charge < -0.3 is 16.0 Å². The van der Waals surface area contributed by atoms with Crippen LogP contribution in [0.3, 0.4) is 0 Å². The van der Waals surface area contributed by atoms with Crippen LogP contribution in [0.5, 0.6) is 0 Å². The quantitative estimate of drug-likeness (QED) is 0.456. The van der Waals surface area contributed by atoms with Crippen LogP contribution in [-0.4, -0.2) is 31.4 Å². The Hall–Kier alpha value is -2.59. The Balaban J connectivity index is 1.60. The zero-order valence-corrected chi connectivity index (χ0v) is 21.9. The number of nitrogens with two attached hydrogens (primary N) is 1. The highest BCUT2D eigenvalue weighted by atomic mass is 15.1. The van der Waals surface area contributed by atoms with Gasteiger partial charge in [0, 0.05) is 54.6 Å². The van der Waals surface area contributed by atoms with Gasteiger partial charge in [0.05, 0.1) is 6.04 Å². The van der Waals surface area contributed by atoms with Crippen LogP contribution >= 0.6 is 0 Å². The summed E-state index contributed by atoms with van der Waals surface area (Å²) >= 11 is 0.